The Labute approximate surface area is 227 Å². The van der Waals surface area contributed by atoms with Crippen molar-refractivity contribution in [2.45, 2.75) is 75.0 Å². The second-order valence-electron chi connectivity index (χ2n) is 6.58. The van der Waals surface area contributed by atoms with Gasteiger partial charge in [0, 0.05) is 0 Å². The maximum Gasteiger partial charge on any atom is 1.00 e. The van der Waals surface area contributed by atoms with E-state index in [1.54, 1.807) is 13.8 Å². The van der Waals surface area contributed by atoms with Crippen LogP contribution in [0.4, 0.5) is 0 Å². The van der Waals surface area contributed by atoms with Crippen molar-refractivity contribution in [2.75, 3.05) is 6.61 Å². The Balaban J connectivity index is -0.000000563. The first kappa shape index (κ1) is 34.4. The zero-order chi connectivity index (χ0) is 21.3. The van der Waals surface area contributed by atoms with Crippen LogP contribution < -0.4 is 59.1 Å². The van der Waals surface area contributed by atoms with Crippen molar-refractivity contribution in [1.29, 1.82) is 0 Å². The number of carbonyl (C=O) groups is 3. The third-order valence-corrected chi connectivity index (χ3v) is 4.97. The van der Waals surface area contributed by atoms with E-state index >= 15 is 0 Å². The monoisotopic (exact) mass is 522 g/mol. The van der Waals surface area contributed by atoms with E-state index in [2.05, 4.69) is 15.9 Å². The number of hydrogen-bond donors (Lipinski definition) is 2. The van der Waals surface area contributed by atoms with E-state index < -0.39 is 50.1 Å². The van der Waals surface area contributed by atoms with Gasteiger partial charge in [0.15, 0.2) is 5.25 Å². The van der Waals surface area contributed by atoms with Crippen LogP contribution in [0.3, 0.4) is 0 Å². The number of carboxylic acid groups (broad SMARTS) is 1. The van der Waals surface area contributed by atoms with Gasteiger partial charge in [-0.15, -0.1) is 0 Å². The van der Waals surface area contributed by atoms with Crippen molar-refractivity contribution in [3.63, 3.8) is 0 Å². The molecule has 0 bridgehead atoms. The fourth-order valence-corrected chi connectivity index (χ4v) is 2.68. The Kier molecular flexibility index (Phi) is 19.5. The number of hydrogen-bond acceptors (Lipinski definition) is 7. The first-order chi connectivity index (χ1) is 12.3. The molecule has 13 heteroatoms. The quantitative estimate of drug-likeness (QED) is 0.0828. The number of unbranched alkanes of at least 4 members (excludes halogenated alkanes) is 3. The molecule has 0 fully saturated rings. The summed E-state index contributed by atoms with van der Waals surface area (Å²) < 4.78 is 40.1. The Morgan fingerprint density at radius 2 is 1.69 bits per heavy atom. The summed E-state index contributed by atoms with van der Waals surface area (Å²) in [5, 5.41) is 6.48. The van der Waals surface area contributed by atoms with Gasteiger partial charge in [-0.25, -0.2) is 0 Å². The van der Waals surface area contributed by atoms with Crippen molar-refractivity contribution in [3.8, 4) is 0 Å². The van der Waals surface area contributed by atoms with E-state index in [1.165, 1.54) is 0 Å². The third-order valence-electron chi connectivity index (χ3n) is 3.56. The van der Waals surface area contributed by atoms with Crippen molar-refractivity contribution < 1.29 is 104 Å². The first-order valence-corrected chi connectivity index (χ1v) is 10.8. The zero-order valence-corrected chi connectivity index (χ0v) is 24.0. The van der Waals surface area contributed by atoms with Crippen molar-refractivity contribution >= 4 is 44.0 Å². The molecule has 0 amide bonds. The molecule has 0 aliphatic rings. The Morgan fingerprint density at radius 3 is 2.10 bits per heavy atom. The van der Waals surface area contributed by atoms with Crippen LogP contribution in [0.25, 0.3) is 0 Å². The molecule has 0 rings (SSSR count). The number of carbonyl (C=O) groups excluding carboxylic acids is 2. The SMILES string of the molecule is CCCCCCC(COC(=O)CC(C(=O)O)S(=O)(=O)O)OC(=O)C(C)(C)Br.[H-].[H-].[Na+].[Na+]. The number of ether oxygens (including phenoxy) is 2. The van der Waals surface area contributed by atoms with Crippen LogP contribution in [0.1, 0.15) is 62.1 Å². The molecule has 2 N–H and O–H groups in total. The molecule has 0 radical (unpaired) electrons. The van der Waals surface area contributed by atoms with Crippen molar-refractivity contribution in [1.82, 2.24) is 0 Å². The standard InChI is InChI=1S/C16H27BrO9S.2Na.2H/c1-4-5-6-7-8-11(26-15(21)16(2,3)17)10-25-13(18)9-12(14(19)20)27(22,23)24;;;;/h11-12H,4-10H2,1-3H3,(H,19,20)(H,22,23,24);;;;/q;2*+1;2*-1. The Hall–Kier alpha value is 0.800. The summed E-state index contributed by atoms with van der Waals surface area (Å²) in [7, 11) is -4.95. The van der Waals surface area contributed by atoms with Gasteiger partial charge in [-0.1, -0.05) is 42.1 Å². The minimum absolute atomic E-state index is 0. The van der Waals surface area contributed by atoms with Gasteiger partial charge in [-0.05, 0) is 26.7 Å². The molecule has 0 spiro atoms. The number of halogens is 1. The van der Waals surface area contributed by atoms with Crippen LogP contribution in [-0.2, 0) is 34.0 Å². The van der Waals surface area contributed by atoms with E-state index in [4.69, 9.17) is 19.1 Å². The zero-order valence-electron chi connectivity index (χ0n) is 19.6. The molecule has 162 valence electrons. The molecule has 0 aromatic carbocycles. The van der Waals surface area contributed by atoms with Gasteiger partial charge in [0.1, 0.15) is 17.0 Å². The molecule has 0 aromatic rings. The van der Waals surface area contributed by atoms with Crippen LogP contribution in [0.15, 0.2) is 0 Å². The van der Waals surface area contributed by atoms with Crippen LogP contribution in [0.5, 0.6) is 0 Å². The van der Waals surface area contributed by atoms with Crippen molar-refractivity contribution in [3.05, 3.63) is 0 Å². The average Bonchev–Trinajstić information content (AvgIpc) is 2.51. The number of rotatable bonds is 13. The van der Waals surface area contributed by atoms with Gasteiger partial charge >= 0.3 is 77.0 Å². The summed E-state index contributed by atoms with van der Waals surface area (Å²) in [6.45, 7) is 4.90. The predicted molar refractivity (Wildman–Crippen MR) is 102 cm³/mol. The molecular weight excluding hydrogens is 494 g/mol. The first-order valence-electron chi connectivity index (χ1n) is 8.53. The number of esters is 2. The van der Waals surface area contributed by atoms with Gasteiger partial charge < -0.3 is 17.4 Å². The van der Waals surface area contributed by atoms with E-state index in [1.807, 2.05) is 6.92 Å². The molecule has 29 heavy (non-hydrogen) atoms. The minimum Gasteiger partial charge on any atom is -1.00 e. The summed E-state index contributed by atoms with van der Waals surface area (Å²) in [6, 6.07) is 0. The summed E-state index contributed by atoms with van der Waals surface area (Å²) >= 11 is 3.17. The van der Waals surface area contributed by atoms with E-state index in [-0.39, 0.29) is 68.6 Å². The summed E-state index contributed by atoms with van der Waals surface area (Å²) in [5.74, 6) is -3.55. The fourth-order valence-electron chi connectivity index (χ4n) is 1.98. The molecule has 0 aliphatic carbocycles. The largest absolute Gasteiger partial charge is 1.00 e. The molecule has 0 aromatic heterocycles. The molecule has 0 saturated carbocycles. The fraction of sp³-hybridized carbons (Fsp3) is 0.812. The normalized spacial score (nSPS) is 13.3. The molecule has 0 heterocycles. The van der Waals surface area contributed by atoms with Gasteiger partial charge in [0.05, 0.1) is 6.42 Å². The maximum absolute atomic E-state index is 12.0. The second kappa shape index (κ2) is 16.4. The van der Waals surface area contributed by atoms with Crippen molar-refractivity contribution in [2.24, 2.45) is 0 Å². The Morgan fingerprint density at radius 1 is 1.14 bits per heavy atom. The average molecular weight is 523 g/mol. The van der Waals surface area contributed by atoms with Crippen LogP contribution >= 0.6 is 15.9 Å². The van der Waals surface area contributed by atoms with Gasteiger partial charge in [-0.2, -0.15) is 8.42 Å². The molecule has 2 unspecified atom stereocenters. The van der Waals surface area contributed by atoms with E-state index in [0.29, 0.717) is 6.42 Å². The third kappa shape index (κ3) is 16.1. The summed E-state index contributed by atoms with van der Waals surface area (Å²) in [4.78, 5) is 34.6. The molecule has 0 aliphatic heterocycles. The van der Waals surface area contributed by atoms with E-state index in [0.717, 1.165) is 25.7 Å². The molecular formula is C16H29BrNa2O9S. The van der Waals surface area contributed by atoms with Gasteiger partial charge in [0.2, 0.25) is 0 Å². The topological polar surface area (TPSA) is 144 Å². The maximum atomic E-state index is 12.0. The Bertz CT molecular complexity index is 631. The van der Waals surface area contributed by atoms with Gasteiger partial charge in [-0.3, -0.25) is 18.9 Å². The second-order valence-corrected chi connectivity index (χ2v) is 10.2. The van der Waals surface area contributed by atoms with Crippen LogP contribution in [-0.4, -0.2) is 58.3 Å². The molecule has 9 nitrogen and oxygen atoms in total. The molecule has 2 atom stereocenters. The van der Waals surface area contributed by atoms with Crippen LogP contribution in [0.2, 0.25) is 0 Å². The predicted octanol–water partition coefficient (Wildman–Crippen LogP) is -3.45. The summed E-state index contributed by atoms with van der Waals surface area (Å²) in [6.07, 6.45) is 2.29. The number of aliphatic carboxylic acids is 1. The summed E-state index contributed by atoms with van der Waals surface area (Å²) in [5.41, 5.74) is 0. The van der Waals surface area contributed by atoms with Crippen LogP contribution in [0, 0.1) is 0 Å². The number of carboxylic acids is 1. The minimum atomic E-state index is -4.95. The van der Waals surface area contributed by atoms with Gasteiger partial charge in [0.25, 0.3) is 10.1 Å². The van der Waals surface area contributed by atoms with E-state index in [9.17, 15) is 22.8 Å². The smallest absolute Gasteiger partial charge is 1.00 e. The molecule has 0 saturated heterocycles. The number of alkyl halides is 1.